The number of hydrogen-bond acceptors (Lipinski definition) is 7. The number of nitrogens with one attached hydrogen (secondary N) is 3. The van der Waals surface area contributed by atoms with E-state index in [-0.39, 0.29) is 43.3 Å². The van der Waals surface area contributed by atoms with E-state index >= 15 is 0 Å². The number of carbonyl (C=O) groups excluding carboxylic acids is 3. The van der Waals surface area contributed by atoms with Gasteiger partial charge in [0, 0.05) is 44.5 Å². The predicted molar refractivity (Wildman–Crippen MR) is 123 cm³/mol. The number of hydrogen-bond donors (Lipinski definition) is 3. The van der Waals surface area contributed by atoms with E-state index in [1.54, 1.807) is 17.3 Å². The number of anilines is 1. The Morgan fingerprint density at radius 3 is 2.91 bits per heavy atom. The molecule has 0 radical (unpaired) electrons. The van der Waals surface area contributed by atoms with Crippen molar-refractivity contribution in [1.29, 1.82) is 5.26 Å². The summed E-state index contributed by atoms with van der Waals surface area (Å²) < 4.78 is 6.69. The lowest BCUT2D eigenvalue weighted by molar-refractivity contribution is -0.136. The summed E-state index contributed by atoms with van der Waals surface area (Å²) >= 11 is 0. The topological polar surface area (TPSA) is 158 Å². The Morgan fingerprint density at radius 2 is 2.15 bits per heavy atom. The van der Waals surface area contributed by atoms with Crippen LogP contribution in [0.15, 0.2) is 18.5 Å². The SMILES string of the molecule is COCCNC(=O)C(=O)Nc1nn([C@H]2CN(C(=O)CC#N)CC[C@H]2C)c2c1cnc1[nH]ccc12. The van der Waals surface area contributed by atoms with Crippen LogP contribution in [0.1, 0.15) is 25.8 Å². The molecular weight excluding hydrogens is 440 g/mol. The molecule has 3 amide bonds. The number of amides is 3. The number of ether oxygens (including phenoxy) is 1. The monoisotopic (exact) mass is 466 g/mol. The minimum Gasteiger partial charge on any atom is -0.383 e. The standard InChI is InChI=1S/C22H26N8O4/c1-13-5-9-29(17(31)3-6-23)12-16(13)30-18-14-4-7-24-19(14)26-11-15(18)20(28-30)27-22(33)21(32)25-8-10-34-2/h4,7,11,13,16H,3,5,8-10,12H2,1-2H3,(H,24,26)(H,25,32)(H,27,28,33)/t13-,16+/m1/s1. The molecule has 3 N–H and O–H groups in total. The number of nitriles is 1. The van der Waals surface area contributed by atoms with E-state index in [1.807, 2.05) is 16.8 Å². The van der Waals surface area contributed by atoms with E-state index in [9.17, 15) is 14.4 Å². The van der Waals surface area contributed by atoms with Crippen LogP contribution in [0.4, 0.5) is 5.82 Å². The molecule has 0 aliphatic carbocycles. The minimum absolute atomic E-state index is 0.174. The van der Waals surface area contributed by atoms with Crippen LogP contribution in [0.25, 0.3) is 21.9 Å². The van der Waals surface area contributed by atoms with E-state index in [4.69, 9.17) is 10.00 Å². The van der Waals surface area contributed by atoms with Gasteiger partial charge in [0.25, 0.3) is 0 Å². The molecule has 1 fully saturated rings. The van der Waals surface area contributed by atoms with E-state index in [2.05, 4.69) is 32.6 Å². The number of rotatable bonds is 6. The first-order valence-corrected chi connectivity index (χ1v) is 11.0. The van der Waals surface area contributed by atoms with Gasteiger partial charge in [-0.05, 0) is 18.4 Å². The lowest BCUT2D eigenvalue weighted by Gasteiger charge is -2.37. The molecule has 2 atom stereocenters. The molecule has 178 valence electrons. The Bertz CT molecular complexity index is 1270. The van der Waals surface area contributed by atoms with E-state index in [0.29, 0.717) is 24.1 Å². The molecule has 34 heavy (non-hydrogen) atoms. The molecule has 4 heterocycles. The number of aromatic nitrogens is 4. The number of aromatic amines is 1. The van der Waals surface area contributed by atoms with Gasteiger partial charge in [-0.2, -0.15) is 10.4 Å². The lowest BCUT2D eigenvalue weighted by Crippen LogP contribution is -2.44. The molecule has 12 heteroatoms. The van der Waals surface area contributed by atoms with Gasteiger partial charge in [0.15, 0.2) is 5.82 Å². The first kappa shape index (κ1) is 23.2. The zero-order chi connectivity index (χ0) is 24.2. The quantitative estimate of drug-likeness (QED) is 0.360. The Labute approximate surface area is 195 Å². The molecule has 0 bridgehead atoms. The Morgan fingerprint density at radius 1 is 1.32 bits per heavy atom. The maximum absolute atomic E-state index is 12.5. The fraction of sp³-hybridized carbons (Fsp3) is 0.455. The molecule has 1 aliphatic rings. The zero-order valence-electron chi connectivity index (χ0n) is 19.0. The van der Waals surface area contributed by atoms with Crippen molar-refractivity contribution in [3.8, 4) is 6.07 Å². The van der Waals surface area contributed by atoms with Gasteiger partial charge >= 0.3 is 11.8 Å². The van der Waals surface area contributed by atoms with E-state index < -0.39 is 11.8 Å². The van der Waals surface area contributed by atoms with Crippen LogP contribution in [0, 0.1) is 17.2 Å². The fourth-order valence-corrected chi connectivity index (χ4v) is 4.24. The number of carbonyl (C=O) groups is 3. The molecule has 0 unspecified atom stereocenters. The number of fused-ring (bicyclic) bond motifs is 3. The second kappa shape index (κ2) is 9.88. The summed E-state index contributed by atoms with van der Waals surface area (Å²) in [7, 11) is 1.50. The Balaban J connectivity index is 1.71. The van der Waals surface area contributed by atoms with Gasteiger partial charge < -0.3 is 25.3 Å². The van der Waals surface area contributed by atoms with E-state index in [1.165, 1.54) is 7.11 Å². The third-order valence-corrected chi connectivity index (χ3v) is 6.10. The lowest BCUT2D eigenvalue weighted by atomic mass is 9.93. The number of H-pyrrole nitrogens is 1. The van der Waals surface area contributed by atoms with Crippen molar-refractivity contribution >= 4 is 45.5 Å². The summed E-state index contributed by atoms with van der Waals surface area (Å²) in [4.78, 5) is 46.2. The molecule has 4 rings (SSSR count). The molecule has 1 saturated heterocycles. The molecule has 0 spiro atoms. The second-order valence-electron chi connectivity index (χ2n) is 8.26. The highest BCUT2D eigenvalue weighted by Gasteiger charge is 2.33. The Kier molecular flexibility index (Phi) is 6.74. The van der Waals surface area contributed by atoms with Crippen LogP contribution in [-0.4, -0.2) is 75.7 Å². The number of pyridine rings is 1. The average Bonchev–Trinajstić information content (AvgIpc) is 3.44. The van der Waals surface area contributed by atoms with Crippen LogP contribution in [0.5, 0.6) is 0 Å². The first-order valence-electron chi connectivity index (χ1n) is 11.0. The molecule has 1 aliphatic heterocycles. The number of nitrogens with zero attached hydrogens (tertiary/aromatic N) is 5. The largest absolute Gasteiger partial charge is 0.383 e. The predicted octanol–water partition coefficient (Wildman–Crippen LogP) is 0.937. The van der Waals surface area contributed by atoms with Crippen molar-refractivity contribution in [3.05, 3.63) is 18.5 Å². The van der Waals surface area contributed by atoms with Gasteiger partial charge in [-0.3, -0.25) is 19.1 Å². The van der Waals surface area contributed by atoms with Gasteiger partial charge in [-0.15, -0.1) is 0 Å². The van der Waals surface area contributed by atoms with Gasteiger partial charge in [-0.1, -0.05) is 6.92 Å². The minimum atomic E-state index is -0.848. The number of piperidine rings is 1. The molecule has 0 aromatic carbocycles. The van der Waals surface area contributed by atoms with Crippen molar-refractivity contribution < 1.29 is 19.1 Å². The van der Waals surface area contributed by atoms with Crippen LogP contribution < -0.4 is 10.6 Å². The van der Waals surface area contributed by atoms with Gasteiger partial charge in [0.2, 0.25) is 5.91 Å². The van der Waals surface area contributed by atoms with Crippen LogP contribution in [-0.2, 0) is 19.1 Å². The van der Waals surface area contributed by atoms with Crippen molar-refractivity contribution in [2.75, 3.05) is 38.7 Å². The molecule has 3 aromatic heterocycles. The van der Waals surface area contributed by atoms with Gasteiger partial charge in [-0.25, -0.2) is 4.98 Å². The molecule has 0 saturated carbocycles. The zero-order valence-corrected chi connectivity index (χ0v) is 19.0. The maximum atomic E-state index is 12.5. The first-order chi connectivity index (χ1) is 16.4. The van der Waals surface area contributed by atoms with Crippen molar-refractivity contribution in [2.24, 2.45) is 5.92 Å². The summed E-state index contributed by atoms with van der Waals surface area (Å²) in [6.07, 6.45) is 3.94. The van der Waals surface area contributed by atoms with Crippen LogP contribution >= 0.6 is 0 Å². The normalized spacial score (nSPS) is 18.1. The van der Waals surface area contributed by atoms with Gasteiger partial charge in [0.05, 0.1) is 29.6 Å². The molecular formula is C22H26N8O4. The van der Waals surface area contributed by atoms with Crippen LogP contribution in [0.2, 0.25) is 0 Å². The maximum Gasteiger partial charge on any atom is 0.314 e. The summed E-state index contributed by atoms with van der Waals surface area (Å²) in [5.41, 5.74) is 1.40. The highest BCUT2D eigenvalue weighted by molar-refractivity contribution is 6.40. The van der Waals surface area contributed by atoms with Gasteiger partial charge in [0.1, 0.15) is 12.1 Å². The van der Waals surface area contributed by atoms with E-state index in [0.717, 1.165) is 17.3 Å². The van der Waals surface area contributed by atoms with Crippen LogP contribution in [0.3, 0.4) is 0 Å². The third kappa shape index (κ3) is 4.42. The smallest absolute Gasteiger partial charge is 0.314 e. The molecule has 12 nitrogen and oxygen atoms in total. The third-order valence-electron chi connectivity index (χ3n) is 6.10. The Hall–Kier alpha value is -3.98. The van der Waals surface area contributed by atoms with Crippen molar-refractivity contribution in [3.63, 3.8) is 0 Å². The van der Waals surface area contributed by atoms with Crippen molar-refractivity contribution in [1.82, 2.24) is 30.0 Å². The summed E-state index contributed by atoms with van der Waals surface area (Å²) in [5.74, 6) is -1.47. The summed E-state index contributed by atoms with van der Waals surface area (Å²) in [6.45, 7) is 3.53. The summed E-state index contributed by atoms with van der Waals surface area (Å²) in [5, 5.41) is 20.1. The van der Waals surface area contributed by atoms with Crippen molar-refractivity contribution in [2.45, 2.75) is 25.8 Å². The average molecular weight is 467 g/mol. The number of likely N-dealkylation sites (tertiary alicyclic amines) is 1. The number of methoxy groups -OCH3 is 1. The fourth-order valence-electron chi connectivity index (χ4n) is 4.24. The molecule has 3 aromatic rings. The second-order valence-corrected chi connectivity index (χ2v) is 8.26. The highest BCUT2D eigenvalue weighted by atomic mass is 16.5. The highest BCUT2D eigenvalue weighted by Crippen LogP contribution is 2.35. The summed E-state index contributed by atoms with van der Waals surface area (Å²) in [6, 6.07) is 3.60.